The molecule has 1 fully saturated rings. The Morgan fingerprint density at radius 1 is 1.12 bits per heavy atom. The summed E-state index contributed by atoms with van der Waals surface area (Å²) >= 11 is 18.2. The predicted octanol–water partition coefficient (Wildman–Crippen LogP) is 6.01. The molecule has 3 aromatic rings. The number of hydrogen-bond acceptors (Lipinski definition) is 3. The van der Waals surface area contributed by atoms with Crippen molar-refractivity contribution in [2.45, 2.75) is 44.4 Å². The van der Waals surface area contributed by atoms with Gasteiger partial charge in [-0.25, -0.2) is 0 Å². The van der Waals surface area contributed by atoms with Gasteiger partial charge in [0.15, 0.2) is 11.5 Å². The van der Waals surface area contributed by atoms with E-state index in [4.69, 9.17) is 34.8 Å². The largest absolute Gasteiger partial charge is 0.435 e. The molecule has 0 aliphatic heterocycles. The van der Waals surface area contributed by atoms with Gasteiger partial charge >= 0.3 is 6.18 Å². The number of aryl methyl sites for hydroxylation is 1. The van der Waals surface area contributed by atoms with E-state index in [-0.39, 0.29) is 29.7 Å². The first-order chi connectivity index (χ1) is 15.1. The first-order valence-electron chi connectivity index (χ1n) is 9.72. The Morgan fingerprint density at radius 2 is 1.88 bits per heavy atom. The Morgan fingerprint density at radius 3 is 2.53 bits per heavy atom. The molecule has 0 spiro atoms. The number of amides is 1. The van der Waals surface area contributed by atoms with Crippen molar-refractivity contribution in [3.8, 4) is 0 Å². The third-order valence-corrected chi connectivity index (χ3v) is 5.83. The Bertz CT molecular complexity index is 1150. The Kier molecular flexibility index (Phi) is 6.42. The number of rotatable bonds is 7. The van der Waals surface area contributed by atoms with E-state index in [1.807, 2.05) is 0 Å². The summed E-state index contributed by atoms with van der Waals surface area (Å²) in [7, 11) is 0. The Hall–Kier alpha value is -2.23. The molecule has 1 aliphatic rings. The summed E-state index contributed by atoms with van der Waals surface area (Å²) < 4.78 is 41.8. The average Bonchev–Trinajstić information content (AvgIpc) is 3.36. The zero-order valence-electron chi connectivity index (χ0n) is 16.5. The monoisotopic (exact) mass is 505 g/mol. The van der Waals surface area contributed by atoms with Gasteiger partial charge in [-0.15, -0.1) is 0 Å². The molecule has 0 unspecified atom stereocenters. The lowest BCUT2D eigenvalue weighted by atomic mass is 10.2. The Labute approximate surface area is 196 Å². The van der Waals surface area contributed by atoms with Crippen LogP contribution in [0, 0.1) is 0 Å². The van der Waals surface area contributed by atoms with E-state index in [2.05, 4.69) is 15.5 Å². The first kappa shape index (κ1) is 22.9. The van der Waals surface area contributed by atoms with Crippen LogP contribution in [0.2, 0.25) is 15.1 Å². The third kappa shape index (κ3) is 5.39. The fraction of sp³-hybridized carbons (Fsp3) is 0.350. The SMILES string of the molecule is O=C(CCn1nc(C(F)(F)F)cc1C1CC1)Nc1nn(Cc2ccc(Cl)cc2Cl)cc1Cl. The van der Waals surface area contributed by atoms with Crippen LogP contribution in [0.25, 0.3) is 0 Å². The molecule has 4 rings (SSSR count). The number of halogens is 6. The molecule has 12 heteroatoms. The number of carbonyl (C=O) groups excluding carboxylic acids is 1. The van der Waals surface area contributed by atoms with Gasteiger partial charge in [0.1, 0.15) is 5.02 Å². The number of alkyl halides is 3. The molecule has 0 bridgehead atoms. The topological polar surface area (TPSA) is 64.7 Å². The smallest absolute Gasteiger partial charge is 0.308 e. The number of aromatic nitrogens is 4. The van der Waals surface area contributed by atoms with Crippen LogP contribution >= 0.6 is 34.8 Å². The van der Waals surface area contributed by atoms with E-state index in [1.165, 1.54) is 15.6 Å². The highest BCUT2D eigenvalue weighted by molar-refractivity contribution is 6.35. The van der Waals surface area contributed by atoms with Crippen molar-refractivity contribution in [2.24, 2.45) is 0 Å². The van der Waals surface area contributed by atoms with Crippen molar-refractivity contribution in [3.63, 3.8) is 0 Å². The zero-order valence-corrected chi connectivity index (χ0v) is 18.7. The van der Waals surface area contributed by atoms with Gasteiger partial charge in [0.25, 0.3) is 0 Å². The van der Waals surface area contributed by atoms with Crippen molar-refractivity contribution in [1.29, 1.82) is 0 Å². The second-order valence-electron chi connectivity index (χ2n) is 7.51. The molecule has 2 aromatic heterocycles. The van der Waals surface area contributed by atoms with Gasteiger partial charge in [-0.2, -0.15) is 23.4 Å². The minimum Gasteiger partial charge on any atom is -0.308 e. The van der Waals surface area contributed by atoms with E-state index in [1.54, 1.807) is 18.2 Å². The van der Waals surface area contributed by atoms with Crippen LogP contribution in [0.5, 0.6) is 0 Å². The second-order valence-corrected chi connectivity index (χ2v) is 8.76. The lowest BCUT2D eigenvalue weighted by molar-refractivity contribution is -0.141. The van der Waals surface area contributed by atoms with Crippen molar-refractivity contribution < 1.29 is 18.0 Å². The lowest BCUT2D eigenvalue weighted by Crippen LogP contribution is -2.17. The fourth-order valence-electron chi connectivity index (χ4n) is 3.25. The molecule has 2 heterocycles. The molecule has 0 radical (unpaired) electrons. The van der Waals surface area contributed by atoms with Crippen molar-refractivity contribution in [1.82, 2.24) is 19.6 Å². The van der Waals surface area contributed by atoms with E-state index < -0.39 is 17.8 Å². The van der Waals surface area contributed by atoms with E-state index in [9.17, 15) is 18.0 Å². The van der Waals surface area contributed by atoms with Crippen LogP contribution in [0.3, 0.4) is 0 Å². The van der Waals surface area contributed by atoms with Gasteiger partial charge in [0, 0.05) is 40.8 Å². The normalized spacial score (nSPS) is 14.1. The molecular formula is C20H17Cl3F3N5O. The highest BCUT2D eigenvalue weighted by Crippen LogP contribution is 2.42. The van der Waals surface area contributed by atoms with Crippen LogP contribution in [0.4, 0.5) is 19.0 Å². The quantitative estimate of drug-likeness (QED) is 0.427. The van der Waals surface area contributed by atoms with Crippen LogP contribution in [-0.4, -0.2) is 25.5 Å². The summed E-state index contributed by atoms with van der Waals surface area (Å²) in [5.41, 5.74) is 0.328. The molecule has 1 saturated carbocycles. The summed E-state index contributed by atoms with van der Waals surface area (Å²) in [5, 5.41) is 11.7. The summed E-state index contributed by atoms with van der Waals surface area (Å²) in [5.74, 6) is -0.223. The van der Waals surface area contributed by atoms with Gasteiger partial charge < -0.3 is 5.32 Å². The van der Waals surface area contributed by atoms with E-state index in [0.717, 1.165) is 24.5 Å². The molecular weight excluding hydrogens is 490 g/mol. The van der Waals surface area contributed by atoms with Gasteiger partial charge in [0.05, 0.1) is 6.54 Å². The van der Waals surface area contributed by atoms with Crippen LogP contribution in [0.15, 0.2) is 30.5 Å². The number of carbonyl (C=O) groups is 1. The van der Waals surface area contributed by atoms with Crippen molar-refractivity contribution in [2.75, 3.05) is 5.32 Å². The fourth-order valence-corrected chi connectivity index (χ4v) is 3.91. The van der Waals surface area contributed by atoms with Crippen LogP contribution in [0.1, 0.15) is 42.1 Å². The summed E-state index contributed by atoms with van der Waals surface area (Å²) in [6.07, 6.45) is -1.43. The van der Waals surface area contributed by atoms with Crippen molar-refractivity contribution >= 4 is 46.5 Å². The maximum absolute atomic E-state index is 13.0. The molecule has 0 saturated heterocycles. The summed E-state index contributed by atoms with van der Waals surface area (Å²) in [6, 6.07) is 6.14. The summed E-state index contributed by atoms with van der Waals surface area (Å²) in [4.78, 5) is 12.4. The van der Waals surface area contributed by atoms with Crippen molar-refractivity contribution in [3.05, 3.63) is 62.5 Å². The standard InChI is InChI=1S/C20H17Cl3F3N5O/c21-13-4-3-12(14(22)7-13)9-30-10-15(23)19(29-30)27-18(32)5-6-31-16(11-1-2-11)8-17(28-31)20(24,25)26/h3-4,7-8,10-11H,1-2,5-6,9H2,(H,27,29,32). The maximum Gasteiger partial charge on any atom is 0.435 e. The zero-order chi connectivity index (χ0) is 23.0. The molecule has 1 aliphatic carbocycles. The van der Waals surface area contributed by atoms with E-state index >= 15 is 0 Å². The average molecular weight is 507 g/mol. The number of hydrogen-bond donors (Lipinski definition) is 1. The number of nitrogens with zero attached hydrogens (tertiary/aromatic N) is 4. The number of nitrogens with one attached hydrogen (secondary N) is 1. The predicted molar refractivity (Wildman–Crippen MR) is 115 cm³/mol. The highest BCUT2D eigenvalue weighted by atomic mass is 35.5. The molecule has 1 N–H and O–H groups in total. The summed E-state index contributed by atoms with van der Waals surface area (Å²) in [6.45, 7) is 0.330. The van der Waals surface area contributed by atoms with Crippen LogP contribution in [-0.2, 0) is 24.1 Å². The number of anilines is 1. The van der Waals surface area contributed by atoms with Crippen LogP contribution < -0.4 is 5.32 Å². The maximum atomic E-state index is 13.0. The Balaban J connectivity index is 1.39. The lowest BCUT2D eigenvalue weighted by Gasteiger charge is -2.07. The molecule has 0 atom stereocenters. The van der Waals surface area contributed by atoms with Gasteiger partial charge in [-0.3, -0.25) is 14.2 Å². The molecule has 6 nitrogen and oxygen atoms in total. The van der Waals surface area contributed by atoms with E-state index in [0.29, 0.717) is 22.3 Å². The van der Waals surface area contributed by atoms with Gasteiger partial charge in [-0.05, 0) is 36.6 Å². The molecule has 1 aromatic carbocycles. The second kappa shape index (κ2) is 8.96. The first-order valence-corrected chi connectivity index (χ1v) is 10.8. The third-order valence-electron chi connectivity index (χ3n) is 4.97. The molecule has 170 valence electrons. The number of benzene rings is 1. The minimum absolute atomic E-state index is 0.0203. The molecule has 32 heavy (non-hydrogen) atoms. The van der Waals surface area contributed by atoms with Gasteiger partial charge in [-0.1, -0.05) is 40.9 Å². The highest BCUT2D eigenvalue weighted by Gasteiger charge is 2.37. The minimum atomic E-state index is -4.52. The molecule has 1 amide bonds. The van der Waals surface area contributed by atoms with Gasteiger partial charge in [0.2, 0.25) is 5.91 Å².